The quantitative estimate of drug-likeness (QED) is 0.787. The molecule has 2 heterocycles. The van der Waals surface area contributed by atoms with Gasteiger partial charge in [-0.15, -0.1) is 0 Å². The third-order valence-corrected chi connectivity index (χ3v) is 4.79. The monoisotopic (exact) mass is 311 g/mol. The highest BCUT2D eigenvalue weighted by atomic mass is 16.5. The third-order valence-electron chi connectivity index (χ3n) is 4.79. The van der Waals surface area contributed by atoms with E-state index in [1.54, 1.807) is 0 Å². The maximum absolute atomic E-state index is 12.5. The highest BCUT2D eigenvalue weighted by Gasteiger charge is 2.30. The lowest BCUT2D eigenvalue weighted by Crippen LogP contribution is -2.50. The minimum absolute atomic E-state index is 0.0654. The number of likely N-dealkylation sites (N-methyl/N-ethyl adjacent to an activating group) is 1. The van der Waals surface area contributed by atoms with Crippen LogP contribution in [0.1, 0.15) is 19.3 Å². The van der Waals surface area contributed by atoms with Gasteiger partial charge in [-0.25, -0.2) is 4.79 Å². The minimum atomic E-state index is 0.0654. The first-order valence-corrected chi connectivity index (χ1v) is 8.61. The Balaban J connectivity index is 1.47. The molecule has 2 atom stereocenters. The van der Waals surface area contributed by atoms with E-state index in [2.05, 4.69) is 17.3 Å². The first-order chi connectivity index (χ1) is 10.7. The molecule has 3 rings (SSSR count). The summed E-state index contributed by atoms with van der Waals surface area (Å²) in [5.41, 5.74) is 0. The maximum Gasteiger partial charge on any atom is 0.317 e. The van der Waals surface area contributed by atoms with Gasteiger partial charge in [0.05, 0.1) is 19.3 Å². The molecule has 2 aliphatic heterocycles. The lowest BCUT2D eigenvalue weighted by atomic mass is 10.1. The zero-order chi connectivity index (χ0) is 15.4. The standard InChI is InChI=1S/C16H29N3O3/c1-18-5-7-22-15(10-18)11-19(9-13-2-3-13)16(20)17-8-14-4-6-21-12-14/h13-15H,2-12H2,1H3,(H,17,20)/t14-,15-/m0/s1. The number of ether oxygens (including phenoxy) is 2. The molecule has 6 nitrogen and oxygen atoms in total. The number of urea groups is 1. The van der Waals surface area contributed by atoms with Crippen molar-refractivity contribution in [3.63, 3.8) is 0 Å². The molecule has 1 saturated carbocycles. The van der Waals surface area contributed by atoms with Crippen LogP contribution in [0.15, 0.2) is 0 Å². The summed E-state index contributed by atoms with van der Waals surface area (Å²) in [5.74, 6) is 1.17. The average Bonchev–Trinajstić information content (AvgIpc) is 3.16. The molecular weight excluding hydrogens is 282 g/mol. The predicted octanol–water partition coefficient (Wildman–Crippen LogP) is 0.775. The Morgan fingerprint density at radius 3 is 2.77 bits per heavy atom. The summed E-state index contributed by atoms with van der Waals surface area (Å²) in [4.78, 5) is 16.8. The summed E-state index contributed by atoms with van der Waals surface area (Å²) in [6, 6.07) is 0.0654. The van der Waals surface area contributed by atoms with Crippen LogP contribution in [0.5, 0.6) is 0 Å². The van der Waals surface area contributed by atoms with E-state index in [9.17, 15) is 4.79 Å². The van der Waals surface area contributed by atoms with Gasteiger partial charge in [-0.05, 0) is 32.2 Å². The van der Waals surface area contributed by atoms with Crippen LogP contribution in [0.4, 0.5) is 4.79 Å². The number of amides is 2. The zero-order valence-corrected chi connectivity index (χ0v) is 13.6. The summed E-state index contributed by atoms with van der Waals surface area (Å²) in [7, 11) is 2.11. The second-order valence-electron chi connectivity index (χ2n) is 7.02. The number of morpholine rings is 1. The molecule has 0 aromatic carbocycles. The van der Waals surface area contributed by atoms with E-state index in [1.807, 2.05) is 4.90 Å². The molecule has 0 aromatic heterocycles. The van der Waals surface area contributed by atoms with Crippen molar-refractivity contribution in [1.82, 2.24) is 15.1 Å². The number of carbonyl (C=O) groups is 1. The zero-order valence-electron chi connectivity index (χ0n) is 13.6. The van der Waals surface area contributed by atoms with Gasteiger partial charge < -0.3 is 24.6 Å². The summed E-state index contributed by atoms with van der Waals surface area (Å²) >= 11 is 0. The molecule has 0 spiro atoms. The van der Waals surface area contributed by atoms with Crippen LogP contribution >= 0.6 is 0 Å². The molecule has 1 aliphatic carbocycles. The molecule has 3 fully saturated rings. The summed E-state index contributed by atoms with van der Waals surface area (Å²) < 4.78 is 11.2. The molecule has 2 amide bonds. The fourth-order valence-electron chi connectivity index (χ4n) is 3.16. The molecule has 22 heavy (non-hydrogen) atoms. The molecular formula is C16H29N3O3. The first kappa shape index (κ1) is 16.0. The Labute approximate surface area is 133 Å². The van der Waals surface area contributed by atoms with Crippen molar-refractivity contribution in [3.05, 3.63) is 0 Å². The topological polar surface area (TPSA) is 54.0 Å². The first-order valence-electron chi connectivity index (χ1n) is 8.61. The highest BCUT2D eigenvalue weighted by Crippen LogP contribution is 2.30. The third kappa shape index (κ3) is 4.83. The molecule has 0 radical (unpaired) electrons. The normalized spacial score (nSPS) is 29.5. The Morgan fingerprint density at radius 1 is 1.23 bits per heavy atom. The smallest absolute Gasteiger partial charge is 0.317 e. The van der Waals surface area contributed by atoms with Gasteiger partial charge in [-0.3, -0.25) is 0 Å². The van der Waals surface area contributed by atoms with E-state index in [1.165, 1.54) is 12.8 Å². The largest absolute Gasteiger partial charge is 0.381 e. The SMILES string of the molecule is CN1CCO[C@H](CN(CC2CC2)C(=O)NC[C@@H]2CCOC2)C1. The number of nitrogens with zero attached hydrogens (tertiary/aromatic N) is 2. The van der Waals surface area contributed by atoms with E-state index in [-0.39, 0.29) is 12.1 Å². The molecule has 3 aliphatic rings. The van der Waals surface area contributed by atoms with Crippen LogP contribution in [0.3, 0.4) is 0 Å². The van der Waals surface area contributed by atoms with Gasteiger partial charge >= 0.3 is 6.03 Å². The second-order valence-corrected chi connectivity index (χ2v) is 7.02. The maximum atomic E-state index is 12.5. The molecule has 0 aromatic rings. The van der Waals surface area contributed by atoms with Crippen molar-refractivity contribution in [3.8, 4) is 0 Å². The molecule has 1 N–H and O–H groups in total. The molecule has 0 unspecified atom stereocenters. The Kier molecular flexibility index (Phi) is 5.55. The summed E-state index contributed by atoms with van der Waals surface area (Å²) in [5, 5.41) is 3.10. The molecule has 126 valence electrons. The van der Waals surface area contributed by atoms with Crippen LogP contribution in [0.2, 0.25) is 0 Å². The van der Waals surface area contributed by atoms with E-state index in [0.29, 0.717) is 18.4 Å². The average molecular weight is 311 g/mol. The predicted molar refractivity (Wildman–Crippen MR) is 83.9 cm³/mol. The number of hydrogen-bond acceptors (Lipinski definition) is 4. The minimum Gasteiger partial charge on any atom is -0.381 e. The van der Waals surface area contributed by atoms with Crippen molar-refractivity contribution < 1.29 is 14.3 Å². The summed E-state index contributed by atoms with van der Waals surface area (Å²) in [6.07, 6.45) is 3.70. The van der Waals surface area contributed by atoms with Gasteiger partial charge in [0.15, 0.2) is 0 Å². The Bertz CT molecular complexity index is 370. The van der Waals surface area contributed by atoms with E-state index < -0.39 is 0 Å². The van der Waals surface area contributed by atoms with Crippen LogP contribution in [-0.4, -0.2) is 81.5 Å². The van der Waals surface area contributed by atoms with Gasteiger partial charge in [-0.1, -0.05) is 0 Å². The number of nitrogens with one attached hydrogen (secondary N) is 1. The molecule has 6 heteroatoms. The second kappa shape index (κ2) is 7.62. The van der Waals surface area contributed by atoms with Crippen molar-refractivity contribution in [2.45, 2.75) is 25.4 Å². The van der Waals surface area contributed by atoms with Crippen molar-refractivity contribution >= 4 is 6.03 Å². The van der Waals surface area contributed by atoms with E-state index in [4.69, 9.17) is 9.47 Å². The van der Waals surface area contributed by atoms with Crippen molar-refractivity contribution in [1.29, 1.82) is 0 Å². The number of rotatable bonds is 6. The Hall–Kier alpha value is -0.850. The van der Waals surface area contributed by atoms with Gasteiger partial charge in [0.1, 0.15) is 0 Å². The fraction of sp³-hybridized carbons (Fsp3) is 0.938. The van der Waals surface area contributed by atoms with Crippen LogP contribution in [-0.2, 0) is 9.47 Å². The van der Waals surface area contributed by atoms with Gasteiger partial charge in [0.25, 0.3) is 0 Å². The lowest BCUT2D eigenvalue weighted by Gasteiger charge is -2.34. The lowest BCUT2D eigenvalue weighted by molar-refractivity contribution is -0.0309. The van der Waals surface area contributed by atoms with Crippen LogP contribution in [0.25, 0.3) is 0 Å². The molecule has 0 bridgehead atoms. The van der Waals surface area contributed by atoms with Crippen LogP contribution in [0, 0.1) is 11.8 Å². The fourth-order valence-corrected chi connectivity index (χ4v) is 3.16. The van der Waals surface area contributed by atoms with Gasteiger partial charge in [-0.2, -0.15) is 0 Å². The number of hydrogen-bond donors (Lipinski definition) is 1. The van der Waals surface area contributed by atoms with Gasteiger partial charge in [0.2, 0.25) is 0 Å². The van der Waals surface area contributed by atoms with Crippen LogP contribution < -0.4 is 5.32 Å². The summed E-state index contributed by atoms with van der Waals surface area (Å²) in [6.45, 7) is 6.56. The van der Waals surface area contributed by atoms with Crippen molar-refractivity contribution in [2.24, 2.45) is 11.8 Å². The van der Waals surface area contributed by atoms with E-state index in [0.717, 1.165) is 52.4 Å². The Morgan fingerprint density at radius 2 is 2.09 bits per heavy atom. The van der Waals surface area contributed by atoms with E-state index >= 15 is 0 Å². The van der Waals surface area contributed by atoms with Gasteiger partial charge in [0, 0.05) is 45.2 Å². The number of carbonyl (C=O) groups excluding carboxylic acids is 1. The highest BCUT2D eigenvalue weighted by molar-refractivity contribution is 5.74. The van der Waals surface area contributed by atoms with Crippen molar-refractivity contribution in [2.75, 3.05) is 59.6 Å². The molecule has 2 saturated heterocycles.